The van der Waals surface area contributed by atoms with E-state index >= 15 is 0 Å². The normalized spacial score (nSPS) is 15.6. The van der Waals surface area contributed by atoms with Crippen LogP contribution < -0.4 is 9.62 Å². The number of nitrogens with one attached hydrogen (secondary N) is 1. The van der Waals surface area contributed by atoms with Crippen LogP contribution in [-0.4, -0.2) is 26.7 Å². The van der Waals surface area contributed by atoms with Gasteiger partial charge in [-0.1, -0.05) is 23.4 Å². The standard InChI is InChI=1S/C14H17N3O3S/c1-10-14(11(2)20-16-10)21(18,19)17-8-7-15-9-12-5-3-4-6-13(12)17/h3-6,15H,7-9H2,1-2H3. The van der Waals surface area contributed by atoms with E-state index in [1.165, 1.54) is 4.31 Å². The van der Waals surface area contributed by atoms with Crippen molar-refractivity contribution >= 4 is 15.7 Å². The van der Waals surface area contributed by atoms with Gasteiger partial charge in [0, 0.05) is 19.6 Å². The summed E-state index contributed by atoms with van der Waals surface area (Å²) < 4.78 is 32.5. The van der Waals surface area contributed by atoms with Crippen LogP contribution in [0, 0.1) is 13.8 Å². The third kappa shape index (κ3) is 2.32. The zero-order chi connectivity index (χ0) is 15.0. The molecule has 0 unspecified atom stereocenters. The minimum atomic E-state index is -3.68. The molecular formula is C14H17N3O3S. The Morgan fingerprint density at radius 2 is 2.05 bits per heavy atom. The van der Waals surface area contributed by atoms with Gasteiger partial charge in [-0.3, -0.25) is 4.31 Å². The molecule has 0 spiro atoms. The molecule has 21 heavy (non-hydrogen) atoms. The number of hydrogen-bond donors (Lipinski definition) is 1. The highest BCUT2D eigenvalue weighted by molar-refractivity contribution is 7.93. The summed E-state index contributed by atoms with van der Waals surface area (Å²) in [7, 11) is -3.68. The Kier molecular flexibility index (Phi) is 3.46. The molecule has 112 valence electrons. The van der Waals surface area contributed by atoms with Gasteiger partial charge in [-0.25, -0.2) is 8.42 Å². The van der Waals surface area contributed by atoms with Crippen molar-refractivity contribution in [3.63, 3.8) is 0 Å². The summed E-state index contributed by atoms with van der Waals surface area (Å²) in [5.41, 5.74) is 2.06. The van der Waals surface area contributed by atoms with Crippen LogP contribution in [0.4, 0.5) is 5.69 Å². The van der Waals surface area contributed by atoms with Gasteiger partial charge in [0.05, 0.1) is 5.69 Å². The average Bonchev–Trinajstić information content (AvgIpc) is 2.68. The number of aromatic nitrogens is 1. The van der Waals surface area contributed by atoms with Crippen molar-refractivity contribution in [2.75, 3.05) is 17.4 Å². The summed E-state index contributed by atoms with van der Waals surface area (Å²) in [6, 6.07) is 7.52. The van der Waals surface area contributed by atoms with Gasteiger partial charge in [-0.05, 0) is 25.5 Å². The summed E-state index contributed by atoms with van der Waals surface area (Å²) >= 11 is 0. The maximum absolute atomic E-state index is 13.0. The number of hydrogen-bond acceptors (Lipinski definition) is 5. The number of rotatable bonds is 2. The van der Waals surface area contributed by atoms with Crippen LogP contribution in [0.25, 0.3) is 0 Å². The third-order valence-corrected chi connectivity index (χ3v) is 5.64. The first-order valence-corrected chi connectivity index (χ1v) is 8.20. The second kappa shape index (κ2) is 5.16. The minimum absolute atomic E-state index is 0.166. The number of fused-ring (bicyclic) bond motifs is 1. The van der Waals surface area contributed by atoms with E-state index in [9.17, 15) is 8.42 Å². The molecule has 0 radical (unpaired) electrons. The summed E-state index contributed by atoms with van der Waals surface area (Å²) in [6.07, 6.45) is 0. The molecule has 0 saturated heterocycles. The first kappa shape index (κ1) is 14.1. The van der Waals surface area contributed by atoms with Gasteiger partial charge < -0.3 is 9.84 Å². The van der Waals surface area contributed by atoms with Crippen LogP contribution in [0.15, 0.2) is 33.7 Å². The lowest BCUT2D eigenvalue weighted by Gasteiger charge is -2.23. The molecular weight excluding hydrogens is 290 g/mol. The largest absolute Gasteiger partial charge is 0.360 e. The van der Waals surface area contributed by atoms with E-state index in [4.69, 9.17) is 4.52 Å². The summed E-state index contributed by atoms with van der Waals surface area (Å²) in [6.45, 7) is 4.89. The molecule has 1 aromatic carbocycles. The molecule has 0 amide bonds. The maximum Gasteiger partial charge on any atom is 0.269 e. The van der Waals surface area contributed by atoms with Crippen molar-refractivity contribution < 1.29 is 12.9 Å². The number of benzene rings is 1. The third-order valence-electron chi connectivity index (χ3n) is 3.58. The minimum Gasteiger partial charge on any atom is -0.360 e. The van der Waals surface area contributed by atoms with Crippen molar-refractivity contribution in [3.8, 4) is 0 Å². The maximum atomic E-state index is 13.0. The van der Waals surface area contributed by atoms with Crippen LogP contribution in [-0.2, 0) is 16.6 Å². The van der Waals surface area contributed by atoms with Gasteiger partial charge in [0.15, 0.2) is 10.7 Å². The molecule has 0 bridgehead atoms. The van der Waals surface area contributed by atoms with Crippen molar-refractivity contribution in [1.29, 1.82) is 0 Å². The van der Waals surface area contributed by atoms with Crippen molar-refractivity contribution in [3.05, 3.63) is 41.3 Å². The highest BCUT2D eigenvalue weighted by atomic mass is 32.2. The predicted octanol–water partition coefficient (Wildman–Crippen LogP) is 1.59. The fraction of sp³-hybridized carbons (Fsp3) is 0.357. The zero-order valence-corrected chi connectivity index (χ0v) is 12.8. The summed E-state index contributed by atoms with van der Waals surface area (Å²) in [4.78, 5) is 0.166. The lowest BCUT2D eigenvalue weighted by atomic mass is 10.2. The molecule has 7 heteroatoms. The van der Waals surface area contributed by atoms with E-state index in [0.717, 1.165) is 5.56 Å². The van der Waals surface area contributed by atoms with Crippen LogP contribution in [0.5, 0.6) is 0 Å². The van der Waals surface area contributed by atoms with E-state index in [-0.39, 0.29) is 4.90 Å². The van der Waals surface area contributed by atoms with Crippen molar-refractivity contribution in [2.24, 2.45) is 0 Å². The Bertz CT molecular complexity index is 748. The SMILES string of the molecule is Cc1noc(C)c1S(=O)(=O)N1CCNCc2ccccc21. The van der Waals surface area contributed by atoms with Gasteiger partial charge in [0.25, 0.3) is 10.0 Å². The van der Waals surface area contributed by atoms with E-state index < -0.39 is 10.0 Å². The van der Waals surface area contributed by atoms with Gasteiger partial charge >= 0.3 is 0 Å². The van der Waals surface area contributed by atoms with Crippen LogP contribution in [0.3, 0.4) is 0 Å². The highest BCUT2D eigenvalue weighted by Crippen LogP contribution is 2.30. The first-order valence-electron chi connectivity index (χ1n) is 6.76. The summed E-state index contributed by atoms with van der Waals surface area (Å²) in [5.74, 6) is 0.321. The number of para-hydroxylation sites is 1. The molecule has 0 aliphatic carbocycles. The Morgan fingerprint density at radius 3 is 2.76 bits per heavy atom. The number of aryl methyl sites for hydroxylation is 2. The molecule has 1 N–H and O–H groups in total. The molecule has 2 aromatic rings. The second-order valence-electron chi connectivity index (χ2n) is 5.04. The van der Waals surface area contributed by atoms with Gasteiger partial charge in [0.1, 0.15) is 5.69 Å². The average molecular weight is 307 g/mol. The number of nitrogens with zero attached hydrogens (tertiary/aromatic N) is 2. The van der Waals surface area contributed by atoms with E-state index in [1.807, 2.05) is 24.3 Å². The molecule has 1 aromatic heterocycles. The van der Waals surface area contributed by atoms with Gasteiger partial charge in [-0.15, -0.1) is 0 Å². The number of sulfonamides is 1. The Balaban J connectivity index is 2.16. The highest BCUT2D eigenvalue weighted by Gasteiger charge is 2.32. The lowest BCUT2D eigenvalue weighted by Crippen LogP contribution is -2.35. The Labute approximate surface area is 123 Å². The van der Waals surface area contributed by atoms with E-state index in [0.29, 0.717) is 36.8 Å². The van der Waals surface area contributed by atoms with E-state index in [2.05, 4.69) is 10.5 Å². The molecule has 1 aliphatic rings. The second-order valence-corrected chi connectivity index (χ2v) is 6.84. The Morgan fingerprint density at radius 1 is 1.29 bits per heavy atom. The topological polar surface area (TPSA) is 75.4 Å². The van der Waals surface area contributed by atoms with Crippen molar-refractivity contribution in [1.82, 2.24) is 10.5 Å². The molecule has 0 saturated carbocycles. The summed E-state index contributed by atoms with van der Waals surface area (Å²) in [5, 5.41) is 7.00. The predicted molar refractivity (Wildman–Crippen MR) is 78.7 cm³/mol. The fourth-order valence-corrected chi connectivity index (χ4v) is 4.43. The monoisotopic (exact) mass is 307 g/mol. The molecule has 0 fully saturated rings. The molecule has 2 heterocycles. The Hall–Kier alpha value is -1.86. The molecule has 3 rings (SSSR count). The fourth-order valence-electron chi connectivity index (χ4n) is 2.63. The molecule has 1 aliphatic heterocycles. The van der Waals surface area contributed by atoms with Crippen LogP contribution in [0.1, 0.15) is 17.0 Å². The lowest BCUT2D eigenvalue weighted by molar-refractivity contribution is 0.390. The van der Waals surface area contributed by atoms with Gasteiger partial charge in [-0.2, -0.15) is 0 Å². The van der Waals surface area contributed by atoms with E-state index in [1.54, 1.807) is 13.8 Å². The van der Waals surface area contributed by atoms with Crippen LogP contribution in [0.2, 0.25) is 0 Å². The van der Waals surface area contributed by atoms with Crippen LogP contribution >= 0.6 is 0 Å². The zero-order valence-electron chi connectivity index (χ0n) is 12.0. The smallest absolute Gasteiger partial charge is 0.269 e. The first-order chi connectivity index (χ1) is 10.0. The quantitative estimate of drug-likeness (QED) is 0.912. The van der Waals surface area contributed by atoms with Gasteiger partial charge in [0.2, 0.25) is 0 Å². The number of anilines is 1. The molecule has 6 nitrogen and oxygen atoms in total. The van der Waals surface area contributed by atoms with Crippen molar-refractivity contribution in [2.45, 2.75) is 25.3 Å². The molecule has 0 atom stereocenters.